The molecule has 0 saturated heterocycles. The third-order valence-corrected chi connectivity index (χ3v) is 25.5. The number of hydrogen-bond donors (Lipinski definition) is 0. The van der Waals surface area contributed by atoms with E-state index < -0.39 is 0 Å². The molecule has 0 atom stereocenters. The van der Waals surface area contributed by atoms with Crippen molar-refractivity contribution in [1.29, 1.82) is 0 Å². The van der Waals surface area contributed by atoms with Crippen molar-refractivity contribution in [2.24, 2.45) is 0 Å². The minimum atomic E-state index is -0.192. The number of fused-ring (bicyclic) bond motifs is 12. The molecule has 0 fully saturated rings. The quantitative estimate of drug-likeness (QED) is 0.141. The van der Waals surface area contributed by atoms with Crippen LogP contribution in [0.2, 0.25) is 0 Å². The molecule has 4 heterocycles. The van der Waals surface area contributed by atoms with Gasteiger partial charge in [-0.1, -0.05) is 285 Å². The largest absolute Gasteiger partial charge is 0.311 e. The summed E-state index contributed by atoms with van der Waals surface area (Å²) in [7, 11) is 0. The Labute approximate surface area is 633 Å². The molecule has 4 nitrogen and oxygen atoms in total. The first-order chi connectivity index (χ1) is 51.3. The van der Waals surface area contributed by atoms with Crippen LogP contribution in [0.3, 0.4) is 0 Å². The average Bonchev–Trinajstić information content (AvgIpc) is 1.60. The van der Waals surface area contributed by atoms with Crippen LogP contribution in [-0.2, 0) is 32.5 Å². The van der Waals surface area contributed by atoms with E-state index in [1.807, 2.05) is 0 Å². The van der Waals surface area contributed by atoms with E-state index in [0.29, 0.717) is 0 Å². The summed E-state index contributed by atoms with van der Waals surface area (Å²) in [5, 5.41) is 4.92. The van der Waals surface area contributed by atoms with Gasteiger partial charge in [-0.15, -0.1) is 0 Å². The van der Waals surface area contributed by atoms with E-state index in [2.05, 4.69) is 389 Å². The van der Waals surface area contributed by atoms with Gasteiger partial charge in [-0.2, -0.15) is 0 Å². The number of benzene rings is 13. The summed E-state index contributed by atoms with van der Waals surface area (Å²) in [5.74, 6) is 0. The molecule has 15 aromatic rings. The van der Waals surface area contributed by atoms with E-state index in [0.717, 1.165) is 46.2 Å². The Balaban J connectivity index is 0.894. The summed E-state index contributed by atoms with van der Waals surface area (Å²) in [6.07, 6.45) is 4.70. The molecular formula is C102H95BN4. The van der Waals surface area contributed by atoms with Gasteiger partial charge in [0.05, 0.1) is 27.8 Å². The molecule has 0 unspecified atom stereocenters. The Kier molecular flexibility index (Phi) is 14.9. The molecule has 2 aliphatic heterocycles. The van der Waals surface area contributed by atoms with Gasteiger partial charge in [-0.25, -0.2) is 0 Å². The second-order valence-electron chi connectivity index (χ2n) is 36.3. The van der Waals surface area contributed by atoms with E-state index in [-0.39, 0.29) is 39.2 Å². The van der Waals surface area contributed by atoms with E-state index >= 15 is 0 Å². The lowest BCUT2D eigenvalue weighted by molar-refractivity contribution is 0.332. The zero-order valence-corrected chi connectivity index (χ0v) is 64.7. The normalized spacial score (nSPS) is 16.0. The van der Waals surface area contributed by atoms with E-state index in [4.69, 9.17) is 0 Å². The van der Waals surface area contributed by atoms with Crippen LogP contribution < -0.4 is 26.2 Å². The Morgan fingerprint density at radius 3 is 1.16 bits per heavy atom. The minimum absolute atomic E-state index is 0.0716. The van der Waals surface area contributed by atoms with Crippen LogP contribution in [0.4, 0.5) is 34.1 Å². The molecule has 19 rings (SSSR count). The molecule has 0 spiro atoms. The monoisotopic (exact) mass is 1390 g/mol. The summed E-state index contributed by atoms with van der Waals surface area (Å²) in [6, 6.07) is 106. The van der Waals surface area contributed by atoms with Gasteiger partial charge >= 0.3 is 0 Å². The lowest BCUT2D eigenvalue weighted by atomic mass is 9.33. The predicted octanol–water partition coefficient (Wildman–Crippen LogP) is 25.9. The molecule has 0 bridgehead atoms. The SMILES string of the molecule is CC(C)(C)c1cc(-c2ccc3c(c2)B2c4ccc(-n5c6ccccc6c6cc(-c7ccccc7)ccc65)cc4N(c4ccc(-c5ccc6c(c5)C(C)(C)CCC6(C)C)cc4)c4cc(-n5c6ccccc6c6ccccc65)cc(c42)N3c2ccc(-c3ccc4c(c3)C(C)(C)CCC4(C)C)cc2)cc(C(C)(C)C)c1. The van der Waals surface area contributed by atoms with Gasteiger partial charge in [0.2, 0.25) is 0 Å². The molecule has 0 radical (unpaired) electrons. The van der Waals surface area contributed by atoms with Gasteiger partial charge in [0, 0.05) is 61.4 Å². The zero-order valence-electron chi connectivity index (χ0n) is 64.7. The summed E-state index contributed by atoms with van der Waals surface area (Å²) in [4.78, 5) is 5.27. The van der Waals surface area contributed by atoms with Crippen LogP contribution in [0.5, 0.6) is 0 Å². The number of nitrogens with zero attached hydrogens (tertiary/aromatic N) is 4. The maximum absolute atomic E-state index is 2.65. The van der Waals surface area contributed by atoms with Crippen molar-refractivity contribution >= 4 is 101 Å². The highest BCUT2D eigenvalue weighted by atomic mass is 15.2. The summed E-state index contributed by atoms with van der Waals surface area (Å²) < 4.78 is 5.06. The van der Waals surface area contributed by atoms with Crippen LogP contribution in [0.1, 0.15) is 156 Å². The van der Waals surface area contributed by atoms with Gasteiger partial charge in [-0.3, -0.25) is 0 Å². The average molecular weight is 1390 g/mol. The maximum Gasteiger partial charge on any atom is 0.252 e. The molecule has 0 saturated carbocycles. The topological polar surface area (TPSA) is 16.3 Å². The van der Waals surface area contributed by atoms with Crippen molar-refractivity contribution in [3.63, 3.8) is 0 Å². The second-order valence-corrected chi connectivity index (χ2v) is 36.3. The molecule has 4 aliphatic rings. The van der Waals surface area contributed by atoms with Crippen molar-refractivity contribution in [2.45, 2.75) is 155 Å². The van der Waals surface area contributed by atoms with Crippen molar-refractivity contribution in [3.8, 4) is 55.9 Å². The fourth-order valence-electron chi connectivity index (χ4n) is 19.0. The fourth-order valence-corrected chi connectivity index (χ4v) is 19.0. The fraction of sp³-hybridized carbons (Fsp3) is 0.235. The molecule has 2 aliphatic carbocycles. The van der Waals surface area contributed by atoms with E-state index in [9.17, 15) is 0 Å². The molecule has 526 valence electrons. The van der Waals surface area contributed by atoms with Gasteiger partial charge in [-0.05, 0) is 237 Å². The molecule has 107 heavy (non-hydrogen) atoms. The highest BCUT2D eigenvalue weighted by Gasteiger charge is 2.46. The third-order valence-electron chi connectivity index (χ3n) is 25.5. The predicted molar refractivity (Wildman–Crippen MR) is 459 cm³/mol. The Hall–Kier alpha value is -10.9. The summed E-state index contributed by atoms with van der Waals surface area (Å²) in [5.41, 5.74) is 36.2. The van der Waals surface area contributed by atoms with Gasteiger partial charge < -0.3 is 18.9 Å². The molecule has 0 N–H and O–H groups in total. The molecule has 2 aromatic heterocycles. The van der Waals surface area contributed by atoms with Crippen molar-refractivity contribution in [1.82, 2.24) is 9.13 Å². The summed E-state index contributed by atoms with van der Waals surface area (Å²) >= 11 is 0. The lowest BCUT2D eigenvalue weighted by Gasteiger charge is -2.45. The number of rotatable bonds is 8. The zero-order chi connectivity index (χ0) is 73.6. The highest BCUT2D eigenvalue weighted by Crippen LogP contribution is 2.52. The van der Waals surface area contributed by atoms with Crippen LogP contribution in [0.15, 0.2) is 273 Å². The highest BCUT2D eigenvalue weighted by molar-refractivity contribution is 7.00. The van der Waals surface area contributed by atoms with E-state index in [1.165, 1.54) is 163 Å². The van der Waals surface area contributed by atoms with Crippen molar-refractivity contribution in [2.75, 3.05) is 9.80 Å². The van der Waals surface area contributed by atoms with Crippen LogP contribution in [0, 0.1) is 0 Å². The maximum atomic E-state index is 2.65. The standard InChI is InChI=1S/C102H95BN4/c1-97(2,3)72-54-71(55-73(60-72)98(4,5)6)70-39-49-92-87(59-70)103-86-47-44-76(106-90-31-23-20-28-80(90)81-56-67(38-48-91(81)106)64-24-16-15-17-25-64)61-93(86)105(75-42-34-66(35-43-75)69-37-46-83-85(58-69)102(13,14)53-51-100(83,9)10)95-63-77(107-88-29-21-18-26-78(88)79-27-19-22-30-89(79)107)62-94(96(95)103)104(92)74-40-32-65(33-41-74)68-36-45-82-84(57-68)101(11,12)52-50-99(82,7)8/h15-49,54-63H,50-53H2,1-14H3. The lowest BCUT2D eigenvalue weighted by Crippen LogP contribution is -2.61. The number of aromatic nitrogens is 2. The number of anilines is 6. The number of para-hydroxylation sites is 3. The van der Waals surface area contributed by atoms with Crippen molar-refractivity contribution in [3.05, 3.63) is 306 Å². The van der Waals surface area contributed by atoms with Crippen LogP contribution in [0.25, 0.3) is 99.5 Å². The molecule has 13 aromatic carbocycles. The van der Waals surface area contributed by atoms with Crippen LogP contribution >= 0.6 is 0 Å². The van der Waals surface area contributed by atoms with Crippen LogP contribution in [-0.4, -0.2) is 15.8 Å². The smallest absolute Gasteiger partial charge is 0.252 e. The van der Waals surface area contributed by atoms with E-state index in [1.54, 1.807) is 0 Å². The first kappa shape index (κ1) is 66.8. The van der Waals surface area contributed by atoms with Gasteiger partial charge in [0.25, 0.3) is 6.71 Å². The van der Waals surface area contributed by atoms with Gasteiger partial charge in [0.15, 0.2) is 0 Å². The Morgan fingerprint density at radius 1 is 0.262 bits per heavy atom. The number of hydrogen-bond acceptors (Lipinski definition) is 2. The Morgan fingerprint density at radius 2 is 0.645 bits per heavy atom. The molecular weight excluding hydrogens is 1290 g/mol. The first-order valence-electron chi connectivity index (χ1n) is 39.1. The van der Waals surface area contributed by atoms with Crippen molar-refractivity contribution < 1.29 is 0 Å². The first-order valence-corrected chi connectivity index (χ1v) is 39.1. The summed E-state index contributed by atoms with van der Waals surface area (Å²) in [6.45, 7) is 33.4. The van der Waals surface area contributed by atoms with Gasteiger partial charge in [0.1, 0.15) is 0 Å². The minimum Gasteiger partial charge on any atom is -0.311 e. The molecule has 0 amide bonds. The second kappa shape index (κ2) is 23.8. The third kappa shape index (κ3) is 10.7. The Bertz CT molecular complexity index is 6070. The molecule has 5 heteroatoms.